The van der Waals surface area contributed by atoms with Crippen LogP contribution in [0.3, 0.4) is 0 Å². The van der Waals surface area contributed by atoms with Gasteiger partial charge in [-0.05, 0) is 23.3 Å². The van der Waals surface area contributed by atoms with Crippen LogP contribution in [0.1, 0.15) is 23.1 Å². The van der Waals surface area contributed by atoms with Crippen molar-refractivity contribution in [3.05, 3.63) is 40.4 Å². The van der Waals surface area contributed by atoms with Gasteiger partial charge in [0, 0.05) is 17.9 Å². The first-order valence-electron chi connectivity index (χ1n) is 5.71. The molecule has 6 heteroatoms. The first kappa shape index (κ1) is 11.5. The zero-order valence-electron chi connectivity index (χ0n) is 9.56. The summed E-state index contributed by atoms with van der Waals surface area (Å²) in [5.74, 6) is 1.29. The van der Waals surface area contributed by atoms with Crippen LogP contribution in [0.15, 0.2) is 18.5 Å². The van der Waals surface area contributed by atoms with E-state index < -0.39 is 6.10 Å². The Morgan fingerprint density at radius 3 is 3.17 bits per heavy atom. The normalized spacial score (nSPS) is 15.2. The van der Waals surface area contributed by atoms with Crippen molar-refractivity contribution in [3.8, 4) is 5.75 Å². The number of halogens is 1. The predicted molar refractivity (Wildman–Crippen MR) is 65.7 cm³/mol. The molecule has 1 unspecified atom stereocenters. The zero-order valence-corrected chi connectivity index (χ0v) is 10.3. The minimum absolute atomic E-state index is 0.401. The van der Waals surface area contributed by atoms with Crippen molar-refractivity contribution in [2.75, 3.05) is 6.61 Å². The summed E-state index contributed by atoms with van der Waals surface area (Å²) in [6.45, 7) is 0.668. The molecule has 5 nitrogen and oxygen atoms in total. The Hall–Kier alpha value is -1.59. The van der Waals surface area contributed by atoms with Crippen molar-refractivity contribution in [3.63, 3.8) is 0 Å². The number of fused-ring (bicyclic) bond motifs is 1. The SMILES string of the molecule is OC(Cc1cc(Cl)cc2c1OCC2)c1ncn[nH]1. The molecule has 0 saturated carbocycles. The van der Waals surface area contributed by atoms with Crippen molar-refractivity contribution in [2.24, 2.45) is 0 Å². The average molecular weight is 266 g/mol. The summed E-state index contributed by atoms with van der Waals surface area (Å²) >= 11 is 6.06. The minimum Gasteiger partial charge on any atom is -0.493 e. The van der Waals surface area contributed by atoms with Gasteiger partial charge in [-0.2, -0.15) is 5.10 Å². The maximum absolute atomic E-state index is 10.1. The van der Waals surface area contributed by atoms with Crippen LogP contribution in [0.25, 0.3) is 0 Å². The highest BCUT2D eigenvalue weighted by Gasteiger charge is 2.21. The van der Waals surface area contributed by atoms with Crippen LogP contribution < -0.4 is 4.74 Å². The molecule has 2 N–H and O–H groups in total. The Labute approximate surface area is 109 Å². The number of aromatic nitrogens is 3. The van der Waals surface area contributed by atoms with Gasteiger partial charge in [-0.25, -0.2) is 4.98 Å². The summed E-state index contributed by atoms with van der Waals surface area (Å²) in [7, 11) is 0. The molecule has 0 saturated heterocycles. The number of H-pyrrole nitrogens is 1. The fourth-order valence-corrected chi connectivity index (χ4v) is 2.44. The van der Waals surface area contributed by atoms with Crippen LogP contribution >= 0.6 is 11.6 Å². The molecule has 1 atom stereocenters. The summed E-state index contributed by atoms with van der Waals surface area (Å²) < 4.78 is 5.59. The highest BCUT2D eigenvalue weighted by molar-refractivity contribution is 6.30. The lowest BCUT2D eigenvalue weighted by atomic mass is 10.0. The number of ether oxygens (including phenoxy) is 1. The summed E-state index contributed by atoms with van der Waals surface area (Å²) in [6, 6.07) is 3.74. The van der Waals surface area contributed by atoms with Crippen LogP contribution in [0.4, 0.5) is 0 Å². The fourth-order valence-electron chi connectivity index (χ4n) is 2.18. The molecule has 1 aliphatic heterocycles. The molecule has 18 heavy (non-hydrogen) atoms. The van der Waals surface area contributed by atoms with Crippen LogP contribution in [0, 0.1) is 0 Å². The number of hydrogen-bond donors (Lipinski definition) is 2. The van der Waals surface area contributed by atoms with E-state index in [4.69, 9.17) is 16.3 Å². The molecule has 0 bridgehead atoms. The summed E-state index contributed by atoms with van der Waals surface area (Å²) in [5, 5.41) is 17.1. The lowest BCUT2D eigenvalue weighted by Crippen LogP contribution is -2.05. The molecular weight excluding hydrogens is 254 g/mol. The number of aliphatic hydroxyl groups is 1. The average Bonchev–Trinajstić information content (AvgIpc) is 2.98. The monoisotopic (exact) mass is 265 g/mol. The quantitative estimate of drug-likeness (QED) is 0.886. The first-order chi connectivity index (χ1) is 8.74. The lowest BCUT2D eigenvalue weighted by molar-refractivity contribution is 0.167. The van der Waals surface area contributed by atoms with E-state index in [1.54, 1.807) is 0 Å². The Morgan fingerprint density at radius 2 is 2.39 bits per heavy atom. The molecule has 2 aromatic rings. The van der Waals surface area contributed by atoms with Crippen molar-refractivity contribution in [1.29, 1.82) is 0 Å². The van der Waals surface area contributed by atoms with E-state index in [1.807, 2.05) is 12.1 Å². The summed E-state index contributed by atoms with van der Waals surface area (Å²) in [4.78, 5) is 3.94. The van der Waals surface area contributed by atoms with Gasteiger partial charge in [0.25, 0.3) is 0 Å². The van der Waals surface area contributed by atoms with Gasteiger partial charge in [0.05, 0.1) is 6.61 Å². The predicted octanol–water partition coefficient (Wildman–Crippen LogP) is 1.67. The smallest absolute Gasteiger partial charge is 0.153 e. The second kappa shape index (κ2) is 4.59. The second-order valence-electron chi connectivity index (χ2n) is 4.24. The third-order valence-electron chi connectivity index (χ3n) is 2.99. The Morgan fingerprint density at radius 1 is 1.50 bits per heavy atom. The van der Waals surface area contributed by atoms with Crippen LogP contribution in [0.5, 0.6) is 5.75 Å². The third-order valence-corrected chi connectivity index (χ3v) is 3.21. The first-order valence-corrected chi connectivity index (χ1v) is 6.09. The van der Waals surface area contributed by atoms with Crippen molar-refractivity contribution < 1.29 is 9.84 Å². The Balaban J connectivity index is 1.89. The molecular formula is C12H12ClN3O2. The van der Waals surface area contributed by atoms with E-state index in [-0.39, 0.29) is 0 Å². The fraction of sp³-hybridized carbons (Fsp3) is 0.333. The summed E-state index contributed by atoms with van der Waals surface area (Å²) in [6.07, 6.45) is 1.90. The molecule has 1 aliphatic rings. The van der Waals surface area contributed by atoms with Crippen molar-refractivity contribution in [2.45, 2.75) is 18.9 Å². The Bertz CT molecular complexity index is 557. The number of benzene rings is 1. The van der Waals surface area contributed by atoms with Crippen LogP contribution in [-0.4, -0.2) is 26.9 Å². The molecule has 0 amide bonds. The molecule has 1 aromatic carbocycles. The lowest BCUT2D eigenvalue weighted by Gasteiger charge is -2.11. The highest BCUT2D eigenvalue weighted by atomic mass is 35.5. The maximum atomic E-state index is 10.1. The topological polar surface area (TPSA) is 71.0 Å². The van der Waals surface area contributed by atoms with Gasteiger partial charge in [-0.3, -0.25) is 5.10 Å². The highest BCUT2D eigenvalue weighted by Crippen LogP contribution is 2.34. The van der Waals surface area contributed by atoms with E-state index in [1.165, 1.54) is 6.33 Å². The standard InChI is InChI=1S/C12H12ClN3O2/c13-9-3-7-1-2-18-11(7)8(4-9)5-10(17)12-14-6-15-16-12/h3-4,6,10,17H,1-2,5H2,(H,14,15,16). The van der Waals surface area contributed by atoms with E-state index in [9.17, 15) is 5.11 Å². The number of nitrogens with one attached hydrogen (secondary N) is 1. The van der Waals surface area contributed by atoms with E-state index in [0.29, 0.717) is 23.9 Å². The van der Waals surface area contributed by atoms with E-state index in [0.717, 1.165) is 23.3 Å². The molecule has 0 fully saturated rings. The van der Waals surface area contributed by atoms with E-state index in [2.05, 4.69) is 15.2 Å². The number of aliphatic hydroxyl groups excluding tert-OH is 1. The second-order valence-corrected chi connectivity index (χ2v) is 4.68. The van der Waals surface area contributed by atoms with Crippen LogP contribution in [-0.2, 0) is 12.8 Å². The Kier molecular flexibility index (Phi) is 2.93. The van der Waals surface area contributed by atoms with Gasteiger partial charge >= 0.3 is 0 Å². The van der Waals surface area contributed by atoms with Gasteiger partial charge in [-0.15, -0.1) is 0 Å². The van der Waals surface area contributed by atoms with Crippen molar-refractivity contribution in [1.82, 2.24) is 15.2 Å². The minimum atomic E-state index is -0.737. The molecule has 2 heterocycles. The van der Waals surface area contributed by atoms with Gasteiger partial charge in [0.1, 0.15) is 18.2 Å². The maximum Gasteiger partial charge on any atom is 0.153 e. The molecule has 3 rings (SSSR count). The summed E-state index contributed by atoms with van der Waals surface area (Å²) in [5.41, 5.74) is 2.00. The number of nitrogens with zero attached hydrogens (tertiary/aromatic N) is 2. The number of rotatable bonds is 3. The van der Waals surface area contributed by atoms with E-state index >= 15 is 0 Å². The molecule has 94 valence electrons. The molecule has 0 spiro atoms. The van der Waals surface area contributed by atoms with Gasteiger partial charge in [0.15, 0.2) is 5.82 Å². The number of aromatic amines is 1. The van der Waals surface area contributed by atoms with Crippen LogP contribution in [0.2, 0.25) is 5.02 Å². The molecule has 0 aliphatic carbocycles. The third kappa shape index (κ3) is 2.07. The largest absolute Gasteiger partial charge is 0.493 e. The van der Waals surface area contributed by atoms with Gasteiger partial charge in [0.2, 0.25) is 0 Å². The number of hydrogen-bond acceptors (Lipinski definition) is 4. The zero-order chi connectivity index (χ0) is 12.5. The molecule has 1 aromatic heterocycles. The molecule has 0 radical (unpaired) electrons. The van der Waals surface area contributed by atoms with Crippen molar-refractivity contribution >= 4 is 11.6 Å². The van der Waals surface area contributed by atoms with Gasteiger partial charge in [-0.1, -0.05) is 11.6 Å². The van der Waals surface area contributed by atoms with Gasteiger partial charge < -0.3 is 9.84 Å².